The van der Waals surface area contributed by atoms with Crippen LogP contribution in [0.3, 0.4) is 0 Å². The minimum atomic E-state index is 0.699. The highest BCUT2D eigenvalue weighted by atomic mass is 15.2. The maximum atomic E-state index is 3.64. The SMILES string of the molecule is CC1NCC2CC1CN(Cc1ccccc1)C2. The molecule has 2 bridgehead atoms. The van der Waals surface area contributed by atoms with Crippen LogP contribution in [0.1, 0.15) is 18.9 Å². The highest BCUT2D eigenvalue weighted by molar-refractivity contribution is 5.14. The standard InChI is InChI=1S/C15H22N2/c1-12-15-7-14(8-16-12)10-17(11-15)9-13-5-3-2-4-6-13/h2-6,12,14-16H,7-11H2,1H3. The first-order valence-corrected chi connectivity index (χ1v) is 6.81. The van der Waals surface area contributed by atoms with Crippen molar-refractivity contribution in [2.24, 2.45) is 11.8 Å². The zero-order valence-electron chi connectivity index (χ0n) is 10.6. The van der Waals surface area contributed by atoms with Crippen molar-refractivity contribution in [1.82, 2.24) is 10.2 Å². The van der Waals surface area contributed by atoms with Gasteiger partial charge in [-0.2, -0.15) is 0 Å². The van der Waals surface area contributed by atoms with Gasteiger partial charge in [-0.25, -0.2) is 0 Å². The molecule has 3 rings (SSSR count). The van der Waals surface area contributed by atoms with E-state index < -0.39 is 0 Å². The Labute approximate surface area is 104 Å². The van der Waals surface area contributed by atoms with Gasteiger partial charge < -0.3 is 5.32 Å². The Morgan fingerprint density at radius 2 is 2.06 bits per heavy atom. The van der Waals surface area contributed by atoms with Crippen molar-refractivity contribution in [3.63, 3.8) is 0 Å². The molecule has 0 radical (unpaired) electrons. The van der Waals surface area contributed by atoms with Crippen molar-refractivity contribution in [1.29, 1.82) is 0 Å². The minimum Gasteiger partial charge on any atom is -0.314 e. The van der Waals surface area contributed by atoms with E-state index in [1.807, 2.05) is 0 Å². The quantitative estimate of drug-likeness (QED) is 0.837. The van der Waals surface area contributed by atoms with Gasteiger partial charge in [0.1, 0.15) is 0 Å². The van der Waals surface area contributed by atoms with Gasteiger partial charge in [0.2, 0.25) is 0 Å². The molecule has 2 fully saturated rings. The number of fused-ring (bicyclic) bond motifs is 2. The number of benzene rings is 1. The summed E-state index contributed by atoms with van der Waals surface area (Å²) in [5, 5.41) is 3.64. The van der Waals surface area contributed by atoms with E-state index in [4.69, 9.17) is 0 Å². The number of nitrogens with zero attached hydrogens (tertiary/aromatic N) is 1. The second-order valence-corrected chi connectivity index (χ2v) is 5.74. The Kier molecular flexibility index (Phi) is 3.17. The van der Waals surface area contributed by atoms with Gasteiger partial charge in [0.25, 0.3) is 0 Å². The maximum Gasteiger partial charge on any atom is 0.0233 e. The van der Waals surface area contributed by atoms with Crippen molar-refractivity contribution < 1.29 is 0 Å². The van der Waals surface area contributed by atoms with Gasteiger partial charge in [-0.1, -0.05) is 30.3 Å². The highest BCUT2D eigenvalue weighted by Gasteiger charge is 2.34. The molecule has 0 amide bonds. The van der Waals surface area contributed by atoms with E-state index in [0.29, 0.717) is 6.04 Å². The average molecular weight is 230 g/mol. The molecule has 2 aliphatic heterocycles. The Hall–Kier alpha value is -0.860. The summed E-state index contributed by atoms with van der Waals surface area (Å²) < 4.78 is 0. The molecular weight excluding hydrogens is 208 g/mol. The lowest BCUT2D eigenvalue weighted by atomic mass is 9.81. The fraction of sp³-hybridized carbons (Fsp3) is 0.600. The zero-order valence-corrected chi connectivity index (χ0v) is 10.6. The van der Waals surface area contributed by atoms with Crippen LogP contribution in [0, 0.1) is 11.8 Å². The summed E-state index contributed by atoms with van der Waals surface area (Å²) >= 11 is 0. The third-order valence-electron chi connectivity index (χ3n) is 4.33. The molecule has 2 heteroatoms. The fourth-order valence-electron chi connectivity index (χ4n) is 3.35. The Balaban J connectivity index is 1.65. The lowest BCUT2D eigenvalue weighted by molar-refractivity contribution is 0.0681. The van der Waals surface area contributed by atoms with Crippen molar-refractivity contribution in [3.8, 4) is 0 Å². The molecule has 2 heterocycles. The van der Waals surface area contributed by atoms with Crippen LogP contribution in [0.4, 0.5) is 0 Å². The molecule has 3 unspecified atom stereocenters. The van der Waals surface area contributed by atoms with Gasteiger partial charge in [-0.15, -0.1) is 0 Å². The predicted molar refractivity (Wildman–Crippen MR) is 70.8 cm³/mol. The molecule has 2 saturated heterocycles. The van der Waals surface area contributed by atoms with Crippen LogP contribution >= 0.6 is 0 Å². The van der Waals surface area contributed by atoms with Crippen LogP contribution < -0.4 is 5.32 Å². The predicted octanol–water partition coefficient (Wildman–Crippen LogP) is 2.12. The molecule has 2 nitrogen and oxygen atoms in total. The first-order valence-electron chi connectivity index (χ1n) is 6.81. The summed E-state index contributed by atoms with van der Waals surface area (Å²) in [5.74, 6) is 1.72. The van der Waals surface area contributed by atoms with Gasteiger partial charge in [0.05, 0.1) is 0 Å². The van der Waals surface area contributed by atoms with Gasteiger partial charge in [0.15, 0.2) is 0 Å². The molecule has 17 heavy (non-hydrogen) atoms. The first-order chi connectivity index (χ1) is 8.31. The number of nitrogens with one attached hydrogen (secondary N) is 1. The molecular formula is C15H22N2. The molecule has 0 saturated carbocycles. The average Bonchev–Trinajstić information content (AvgIpc) is 2.36. The summed E-state index contributed by atoms with van der Waals surface area (Å²) in [6.07, 6.45) is 1.43. The van der Waals surface area contributed by atoms with Crippen LogP contribution in [0.5, 0.6) is 0 Å². The summed E-state index contributed by atoms with van der Waals surface area (Å²) in [6, 6.07) is 11.6. The Morgan fingerprint density at radius 3 is 2.88 bits per heavy atom. The third kappa shape index (κ3) is 2.53. The van der Waals surface area contributed by atoms with E-state index in [2.05, 4.69) is 47.5 Å². The Morgan fingerprint density at radius 1 is 1.24 bits per heavy atom. The van der Waals surface area contributed by atoms with Gasteiger partial charge in [0, 0.05) is 25.7 Å². The summed E-state index contributed by atoms with van der Waals surface area (Å²) in [6.45, 7) is 7.21. The van der Waals surface area contributed by atoms with Crippen molar-refractivity contribution in [2.75, 3.05) is 19.6 Å². The molecule has 0 spiro atoms. The van der Waals surface area contributed by atoms with Crippen molar-refractivity contribution in [2.45, 2.75) is 25.9 Å². The Bertz CT molecular complexity index is 362. The van der Waals surface area contributed by atoms with E-state index in [1.165, 1.54) is 31.6 Å². The van der Waals surface area contributed by atoms with E-state index >= 15 is 0 Å². The monoisotopic (exact) mass is 230 g/mol. The molecule has 1 aromatic rings. The smallest absolute Gasteiger partial charge is 0.0233 e. The number of hydrogen-bond donors (Lipinski definition) is 1. The molecule has 92 valence electrons. The number of rotatable bonds is 2. The first kappa shape index (κ1) is 11.2. The van der Waals surface area contributed by atoms with Crippen LogP contribution in [0.15, 0.2) is 30.3 Å². The van der Waals surface area contributed by atoms with Crippen LogP contribution in [-0.4, -0.2) is 30.6 Å². The zero-order chi connectivity index (χ0) is 11.7. The molecule has 0 aromatic heterocycles. The van der Waals surface area contributed by atoms with Gasteiger partial charge in [-0.05, 0) is 37.3 Å². The van der Waals surface area contributed by atoms with E-state index in [0.717, 1.165) is 18.4 Å². The third-order valence-corrected chi connectivity index (χ3v) is 4.33. The van der Waals surface area contributed by atoms with Crippen LogP contribution in [0.25, 0.3) is 0 Å². The minimum absolute atomic E-state index is 0.699. The molecule has 3 atom stereocenters. The molecule has 2 aliphatic rings. The summed E-state index contributed by atoms with van der Waals surface area (Å²) in [7, 11) is 0. The number of likely N-dealkylation sites (tertiary alicyclic amines) is 1. The van der Waals surface area contributed by atoms with Crippen LogP contribution in [-0.2, 0) is 6.54 Å². The van der Waals surface area contributed by atoms with E-state index in [-0.39, 0.29) is 0 Å². The topological polar surface area (TPSA) is 15.3 Å². The fourth-order valence-corrected chi connectivity index (χ4v) is 3.35. The van der Waals surface area contributed by atoms with Gasteiger partial charge >= 0.3 is 0 Å². The van der Waals surface area contributed by atoms with E-state index in [1.54, 1.807) is 0 Å². The van der Waals surface area contributed by atoms with Crippen LogP contribution in [0.2, 0.25) is 0 Å². The van der Waals surface area contributed by atoms with E-state index in [9.17, 15) is 0 Å². The number of piperidine rings is 2. The summed E-state index contributed by atoms with van der Waals surface area (Å²) in [5.41, 5.74) is 1.45. The maximum absolute atomic E-state index is 3.64. The second-order valence-electron chi connectivity index (χ2n) is 5.74. The highest BCUT2D eigenvalue weighted by Crippen LogP contribution is 2.28. The molecule has 1 aromatic carbocycles. The van der Waals surface area contributed by atoms with Gasteiger partial charge in [-0.3, -0.25) is 4.90 Å². The van der Waals surface area contributed by atoms with Crippen molar-refractivity contribution in [3.05, 3.63) is 35.9 Å². The lowest BCUT2D eigenvalue weighted by Gasteiger charge is -2.45. The second kappa shape index (κ2) is 4.79. The largest absolute Gasteiger partial charge is 0.314 e. The molecule has 0 aliphatic carbocycles. The summed E-state index contributed by atoms with van der Waals surface area (Å²) in [4.78, 5) is 2.64. The normalized spacial score (nSPS) is 33.6. The number of hydrogen-bond acceptors (Lipinski definition) is 2. The lowest BCUT2D eigenvalue weighted by Crippen LogP contribution is -2.54. The van der Waals surface area contributed by atoms with Crippen molar-refractivity contribution >= 4 is 0 Å². The molecule has 1 N–H and O–H groups in total.